The lowest BCUT2D eigenvalue weighted by Crippen LogP contribution is -2.48. The van der Waals surface area contributed by atoms with Crippen molar-refractivity contribution in [1.82, 2.24) is 15.2 Å². The van der Waals surface area contributed by atoms with Crippen molar-refractivity contribution in [2.24, 2.45) is 0 Å². The summed E-state index contributed by atoms with van der Waals surface area (Å²) in [5.74, 6) is -0.600. The molecule has 1 fully saturated rings. The van der Waals surface area contributed by atoms with Crippen molar-refractivity contribution in [3.8, 4) is 0 Å². The number of thiazole rings is 1. The largest absolute Gasteiger partial charge is 0.351 e. The molecule has 0 bridgehead atoms. The average molecular weight is 540 g/mol. The van der Waals surface area contributed by atoms with E-state index in [2.05, 4.69) is 24.8 Å². The summed E-state index contributed by atoms with van der Waals surface area (Å²) >= 11 is 1.49. The molecular formula is C26H26FN5O3S2. The van der Waals surface area contributed by atoms with Gasteiger partial charge in [-0.25, -0.2) is 17.8 Å². The molecule has 0 unspecified atom stereocenters. The van der Waals surface area contributed by atoms with Gasteiger partial charge >= 0.3 is 0 Å². The smallest absolute Gasteiger partial charge is 0.261 e. The van der Waals surface area contributed by atoms with Gasteiger partial charge < -0.3 is 10.2 Å². The zero-order valence-corrected chi connectivity index (χ0v) is 21.6. The molecule has 1 aliphatic rings. The number of hydrogen-bond donors (Lipinski definition) is 2. The van der Waals surface area contributed by atoms with Crippen LogP contribution in [0.25, 0.3) is 10.2 Å². The quantitative estimate of drug-likeness (QED) is 0.354. The molecule has 1 aromatic heterocycles. The molecule has 2 N–H and O–H groups in total. The molecule has 2 heterocycles. The average Bonchev–Trinajstić information content (AvgIpc) is 3.33. The zero-order chi connectivity index (χ0) is 25.8. The van der Waals surface area contributed by atoms with Crippen molar-refractivity contribution < 1.29 is 17.6 Å². The Morgan fingerprint density at radius 1 is 0.973 bits per heavy atom. The number of fused-ring (bicyclic) bond motifs is 1. The SMILES string of the molecule is O=C(NCCN1CCN(c2nc3ccc(F)cc3s2)CC1)c1ccccc1NS(=O)(=O)c1ccccc1. The fourth-order valence-corrected chi connectivity index (χ4v) is 6.32. The van der Waals surface area contributed by atoms with Crippen molar-refractivity contribution in [2.75, 3.05) is 48.9 Å². The van der Waals surface area contributed by atoms with Gasteiger partial charge in [-0.2, -0.15) is 0 Å². The fourth-order valence-electron chi connectivity index (χ4n) is 4.18. The van der Waals surface area contributed by atoms with Crippen LogP contribution in [0.5, 0.6) is 0 Å². The third-order valence-electron chi connectivity index (χ3n) is 6.17. The highest BCUT2D eigenvalue weighted by molar-refractivity contribution is 7.92. The Balaban J connectivity index is 1.13. The van der Waals surface area contributed by atoms with E-state index in [1.165, 1.54) is 35.6 Å². The molecule has 1 aliphatic heterocycles. The highest BCUT2D eigenvalue weighted by Crippen LogP contribution is 2.30. The number of hydrogen-bond acceptors (Lipinski definition) is 7. The van der Waals surface area contributed by atoms with Crippen molar-refractivity contribution >= 4 is 48.3 Å². The summed E-state index contributed by atoms with van der Waals surface area (Å²) in [5, 5.41) is 3.80. The number of benzene rings is 3. The molecule has 1 amide bonds. The van der Waals surface area contributed by atoms with E-state index in [4.69, 9.17) is 0 Å². The third kappa shape index (κ3) is 5.90. The number of para-hydroxylation sites is 1. The van der Waals surface area contributed by atoms with E-state index >= 15 is 0 Å². The topological polar surface area (TPSA) is 94.6 Å². The lowest BCUT2D eigenvalue weighted by molar-refractivity contribution is 0.0948. The molecular weight excluding hydrogens is 513 g/mol. The predicted octanol–water partition coefficient (Wildman–Crippen LogP) is 3.79. The number of rotatable bonds is 8. The minimum Gasteiger partial charge on any atom is -0.351 e. The minimum atomic E-state index is -3.81. The van der Waals surface area contributed by atoms with Gasteiger partial charge in [0, 0.05) is 39.3 Å². The zero-order valence-electron chi connectivity index (χ0n) is 19.9. The summed E-state index contributed by atoms with van der Waals surface area (Å²) in [6.07, 6.45) is 0. The van der Waals surface area contributed by atoms with Crippen molar-refractivity contribution in [2.45, 2.75) is 4.90 Å². The standard InChI is InChI=1S/C26H26FN5O3S2/c27-19-10-11-23-24(18-19)36-26(29-23)32-16-14-31(15-17-32)13-12-28-25(33)21-8-4-5-9-22(21)30-37(34,35)20-6-2-1-3-7-20/h1-11,18,30H,12-17H2,(H,28,33). The van der Waals surface area contributed by atoms with Crippen molar-refractivity contribution in [3.63, 3.8) is 0 Å². The number of amides is 1. The number of sulfonamides is 1. The maximum Gasteiger partial charge on any atom is 0.261 e. The lowest BCUT2D eigenvalue weighted by Gasteiger charge is -2.34. The molecule has 0 spiro atoms. The Kier molecular flexibility index (Phi) is 7.36. The predicted molar refractivity (Wildman–Crippen MR) is 144 cm³/mol. The first-order chi connectivity index (χ1) is 17.9. The normalized spacial score (nSPS) is 14.6. The van der Waals surface area contributed by atoms with Gasteiger partial charge in [0.1, 0.15) is 5.82 Å². The second-order valence-corrected chi connectivity index (χ2v) is 11.3. The number of carbonyl (C=O) groups excluding carboxylic acids is 1. The maximum absolute atomic E-state index is 13.5. The summed E-state index contributed by atoms with van der Waals surface area (Å²) in [6, 6.07) is 19.2. The van der Waals surface area contributed by atoms with Crippen molar-refractivity contribution in [1.29, 1.82) is 0 Å². The summed E-state index contributed by atoms with van der Waals surface area (Å²) in [6.45, 7) is 4.31. The summed E-state index contributed by atoms with van der Waals surface area (Å²) in [7, 11) is -3.81. The first-order valence-corrected chi connectivity index (χ1v) is 14.2. The Morgan fingerprint density at radius 2 is 1.70 bits per heavy atom. The molecule has 4 aromatic rings. The van der Waals surface area contributed by atoms with Crippen LogP contribution in [0.3, 0.4) is 0 Å². The molecule has 8 nitrogen and oxygen atoms in total. The molecule has 192 valence electrons. The van der Waals surface area contributed by atoms with E-state index in [-0.39, 0.29) is 27.9 Å². The van der Waals surface area contributed by atoms with E-state index in [0.717, 1.165) is 41.5 Å². The first-order valence-electron chi connectivity index (χ1n) is 11.9. The number of aromatic nitrogens is 1. The van der Waals surface area contributed by atoms with Crippen LogP contribution >= 0.6 is 11.3 Å². The van der Waals surface area contributed by atoms with Gasteiger partial charge in [-0.05, 0) is 42.5 Å². The van der Waals surface area contributed by atoms with Gasteiger partial charge in [-0.15, -0.1) is 0 Å². The van der Waals surface area contributed by atoms with E-state index in [9.17, 15) is 17.6 Å². The molecule has 0 radical (unpaired) electrons. The fraction of sp³-hybridized carbons (Fsp3) is 0.231. The Morgan fingerprint density at radius 3 is 2.49 bits per heavy atom. The van der Waals surface area contributed by atoms with Gasteiger partial charge in [0.15, 0.2) is 5.13 Å². The van der Waals surface area contributed by atoms with Gasteiger partial charge in [0.2, 0.25) is 0 Å². The molecule has 0 saturated carbocycles. The molecule has 1 saturated heterocycles. The van der Waals surface area contributed by atoms with Crippen LogP contribution in [0.1, 0.15) is 10.4 Å². The molecule has 0 aliphatic carbocycles. The molecule has 11 heteroatoms. The van der Waals surface area contributed by atoms with Crippen LogP contribution in [0.15, 0.2) is 77.7 Å². The Bertz CT molecular complexity index is 1500. The number of carbonyl (C=O) groups is 1. The first kappa shape index (κ1) is 25.1. The van der Waals surface area contributed by atoms with Gasteiger partial charge in [0.05, 0.1) is 26.4 Å². The van der Waals surface area contributed by atoms with Gasteiger partial charge in [0.25, 0.3) is 15.9 Å². The van der Waals surface area contributed by atoms with E-state index in [1.807, 2.05) is 0 Å². The summed E-state index contributed by atoms with van der Waals surface area (Å²) < 4.78 is 42.3. The second kappa shape index (κ2) is 10.8. The third-order valence-corrected chi connectivity index (χ3v) is 8.63. The lowest BCUT2D eigenvalue weighted by atomic mass is 10.1. The minimum absolute atomic E-state index is 0.127. The van der Waals surface area contributed by atoms with Gasteiger partial charge in [-0.1, -0.05) is 41.7 Å². The van der Waals surface area contributed by atoms with Crippen LogP contribution in [0.4, 0.5) is 15.2 Å². The van der Waals surface area contributed by atoms with Crippen LogP contribution in [-0.4, -0.2) is 63.5 Å². The van der Waals surface area contributed by atoms with Crippen molar-refractivity contribution in [3.05, 3.63) is 84.2 Å². The highest BCUT2D eigenvalue weighted by atomic mass is 32.2. The summed E-state index contributed by atoms with van der Waals surface area (Å²) in [4.78, 5) is 22.1. The molecule has 3 aromatic carbocycles. The number of anilines is 2. The van der Waals surface area contributed by atoms with Crippen LogP contribution in [0, 0.1) is 5.82 Å². The van der Waals surface area contributed by atoms with E-state index < -0.39 is 10.0 Å². The second-order valence-electron chi connectivity index (χ2n) is 8.66. The number of halogens is 1. The maximum atomic E-state index is 13.5. The number of nitrogens with one attached hydrogen (secondary N) is 2. The Hall–Kier alpha value is -3.54. The molecule has 5 rings (SSSR count). The molecule has 37 heavy (non-hydrogen) atoms. The summed E-state index contributed by atoms with van der Waals surface area (Å²) in [5.41, 5.74) is 1.30. The van der Waals surface area contributed by atoms with E-state index in [1.54, 1.807) is 48.5 Å². The van der Waals surface area contributed by atoms with E-state index in [0.29, 0.717) is 13.1 Å². The Labute approximate surface area is 218 Å². The highest BCUT2D eigenvalue weighted by Gasteiger charge is 2.21. The monoisotopic (exact) mass is 539 g/mol. The number of piperazine rings is 1. The van der Waals surface area contributed by atoms with Gasteiger partial charge in [-0.3, -0.25) is 14.4 Å². The number of nitrogens with zero attached hydrogens (tertiary/aromatic N) is 3. The van der Waals surface area contributed by atoms with Crippen LogP contribution in [0.2, 0.25) is 0 Å². The molecule has 0 atom stereocenters. The van der Waals surface area contributed by atoms with Crippen LogP contribution in [-0.2, 0) is 10.0 Å². The van der Waals surface area contributed by atoms with Crippen LogP contribution < -0.4 is 14.9 Å².